The van der Waals surface area contributed by atoms with E-state index in [2.05, 4.69) is 9.97 Å². The molecule has 2 aromatic heterocycles. The van der Waals surface area contributed by atoms with Crippen molar-refractivity contribution in [3.05, 3.63) is 35.5 Å². The molecule has 4 nitrogen and oxygen atoms in total. The van der Waals surface area contributed by atoms with E-state index in [1.165, 1.54) is 11.8 Å². The molecule has 0 aromatic carbocycles. The second-order valence-corrected chi connectivity index (χ2v) is 4.84. The number of oxazole rings is 1. The lowest BCUT2D eigenvalue weighted by atomic mass is 10.2. The van der Waals surface area contributed by atoms with Crippen molar-refractivity contribution in [3.8, 4) is 0 Å². The molecule has 0 amide bonds. The monoisotopic (exact) mass is 250 g/mol. The predicted molar refractivity (Wildman–Crippen MR) is 65.0 cm³/mol. The largest absolute Gasteiger partial charge is 0.436 e. The minimum Gasteiger partial charge on any atom is -0.436 e. The van der Waals surface area contributed by atoms with Gasteiger partial charge in [-0.05, 0) is 44.7 Å². The highest BCUT2D eigenvalue weighted by Crippen LogP contribution is 2.28. The van der Waals surface area contributed by atoms with E-state index in [4.69, 9.17) is 4.42 Å². The third-order valence-electron chi connectivity index (χ3n) is 2.40. The molecule has 0 aliphatic rings. The highest BCUT2D eigenvalue weighted by Gasteiger charge is 2.08. The maximum absolute atomic E-state index is 9.34. The topological polar surface area (TPSA) is 59.2 Å². The molecule has 0 spiro atoms. The van der Waals surface area contributed by atoms with Crippen molar-refractivity contribution in [3.63, 3.8) is 0 Å². The maximum Gasteiger partial charge on any atom is 0.261 e. The van der Waals surface area contributed by atoms with Gasteiger partial charge in [-0.25, -0.2) is 4.98 Å². The second-order valence-electron chi connectivity index (χ2n) is 3.82. The van der Waals surface area contributed by atoms with Gasteiger partial charge in [0, 0.05) is 11.1 Å². The fourth-order valence-electron chi connectivity index (χ4n) is 1.29. The summed E-state index contributed by atoms with van der Waals surface area (Å²) in [4.78, 5) is 9.39. The van der Waals surface area contributed by atoms with Crippen LogP contribution in [0.2, 0.25) is 0 Å². The second kappa shape index (κ2) is 4.89. The Morgan fingerprint density at radius 3 is 2.59 bits per heavy atom. The molecule has 0 aliphatic carbocycles. The maximum atomic E-state index is 9.34. The first kappa shape index (κ1) is 12.1. The number of hydrogen-bond acceptors (Lipinski definition) is 5. The first-order valence-corrected chi connectivity index (χ1v) is 6.14. The summed E-state index contributed by atoms with van der Waals surface area (Å²) >= 11 is 1.42. The third-order valence-corrected chi connectivity index (χ3v) is 3.23. The van der Waals surface area contributed by atoms with Gasteiger partial charge in [-0.2, -0.15) is 0 Å². The van der Waals surface area contributed by atoms with Crippen LogP contribution < -0.4 is 0 Å². The summed E-state index contributed by atoms with van der Waals surface area (Å²) in [6, 6.07) is 3.70. The highest BCUT2D eigenvalue weighted by atomic mass is 32.2. The number of aliphatic hydroxyl groups excluding tert-OH is 1. The summed E-state index contributed by atoms with van der Waals surface area (Å²) in [7, 11) is 0. The van der Waals surface area contributed by atoms with Gasteiger partial charge in [0.1, 0.15) is 5.76 Å². The molecule has 0 saturated carbocycles. The van der Waals surface area contributed by atoms with Crippen molar-refractivity contribution in [2.45, 2.75) is 37.0 Å². The Bertz CT molecular complexity index is 486. The van der Waals surface area contributed by atoms with E-state index in [1.807, 2.05) is 19.9 Å². The van der Waals surface area contributed by atoms with Crippen molar-refractivity contribution in [1.82, 2.24) is 9.97 Å². The summed E-state index contributed by atoms with van der Waals surface area (Å²) in [6.07, 6.45) is 1.17. The smallest absolute Gasteiger partial charge is 0.261 e. The zero-order chi connectivity index (χ0) is 12.4. The summed E-state index contributed by atoms with van der Waals surface area (Å²) in [5.74, 6) is 0.834. The van der Waals surface area contributed by atoms with Gasteiger partial charge in [0.05, 0.1) is 17.5 Å². The van der Waals surface area contributed by atoms with Crippen LogP contribution in [0.1, 0.15) is 30.2 Å². The van der Waals surface area contributed by atoms with E-state index < -0.39 is 6.10 Å². The van der Waals surface area contributed by atoms with Crippen LogP contribution in [0.3, 0.4) is 0 Å². The van der Waals surface area contributed by atoms with Gasteiger partial charge in [-0.15, -0.1) is 0 Å². The minimum absolute atomic E-state index is 0.541. The Kier molecular flexibility index (Phi) is 3.49. The van der Waals surface area contributed by atoms with Crippen LogP contribution >= 0.6 is 11.8 Å². The van der Waals surface area contributed by atoms with Gasteiger partial charge in [-0.1, -0.05) is 0 Å². The number of aliphatic hydroxyl groups is 1. The molecular weight excluding hydrogens is 236 g/mol. The lowest BCUT2D eigenvalue weighted by Gasteiger charge is -2.03. The fraction of sp³-hybridized carbons (Fsp3) is 0.333. The molecule has 0 saturated heterocycles. The van der Waals surface area contributed by atoms with Crippen molar-refractivity contribution in [1.29, 1.82) is 0 Å². The van der Waals surface area contributed by atoms with Gasteiger partial charge >= 0.3 is 0 Å². The number of aromatic nitrogens is 2. The van der Waals surface area contributed by atoms with Crippen LogP contribution in [-0.2, 0) is 0 Å². The van der Waals surface area contributed by atoms with Gasteiger partial charge < -0.3 is 9.52 Å². The lowest BCUT2D eigenvalue weighted by molar-refractivity contribution is 0.194. The molecule has 2 heterocycles. The van der Waals surface area contributed by atoms with Crippen LogP contribution in [-0.4, -0.2) is 15.1 Å². The van der Waals surface area contributed by atoms with Crippen molar-refractivity contribution >= 4 is 11.8 Å². The van der Waals surface area contributed by atoms with E-state index in [0.29, 0.717) is 10.9 Å². The fourth-order valence-corrected chi connectivity index (χ4v) is 2.08. The number of pyridine rings is 1. The molecule has 0 bridgehead atoms. The molecule has 0 unspecified atom stereocenters. The Hall–Kier alpha value is -1.33. The number of hydrogen-bond donors (Lipinski definition) is 1. The van der Waals surface area contributed by atoms with Gasteiger partial charge in [0.25, 0.3) is 5.22 Å². The Morgan fingerprint density at radius 1 is 1.35 bits per heavy atom. The quantitative estimate of drug-likeness (QED) is 0.907. The Balaban J connectivity index is 2.13. The van der Waals surface area contributed by atoms with Gasteiger partial charge in [0.2, 0.25) is 0 Å². The van der Waals surface area contributed by atoms with Crippen LogP contribution in [0.25, 0.3) is 0 Å². The molecular formula is C12H14N2O2S. The summed E-state index contributed by atoms with van der Waals surface area (Å²) in [6.45, 7) is 5.49. The van der Waals surface area contributed by atoms with Crippen molar-refractivity contribution < 1.29 is 9.52 Å². The number of rotatable bonds is 3. The molecule has 1 atom stereocenters. The molecule has 2 aromatic rings. The Labute approximate surface area is 104 Å². The van der Waals surface area contributed by atoms with Crippen LogP contribution in [0.5, 0.6) is 0 Å². The molecule has 1 N–H and O–H groups in total. The van der Waals surface area contributed by atoms with E-state index in [-0.39, 0.29) is 0 Å². The summed E-state index contributed by atoms with van der Waals surface area (Å²) < 4.78 is 5.47. The normalized spacial score (nSPS) is 12.7. The van der Waals surface area contributed by atoms with Gasteiger partial charge in [-0.3, -0.25) is 4.98 Å². The average Bonchev–Trinajstić information content (AvgIpc) is 2.58. The molecule has 0 aliphatic heterocycles. The number of aryl methyl sites for hydroxylation is 2. The first-order chi connectivity index (χ1) is 8.06. The molecule has 0 fully saturated rings. The Morgan fingerprint density at radius 2 is 2.12 bits per heavy atom. The summed E-state index contributed by atoms with van der Waals surface area (Å²) in [5, 5.41) is 9.96. The van der Waals surface area contributed by atoms with E-state index >= 15 is 0 Å². The van der Waals surface area contributed by atoms with Crippen LogP contribution in [0.4, 0.5) is 0 Å². The molecule has 5 heteroatoms. The SMILES string of the molecule is Cc1nc(Sc2ccc([C@H](C)O)nc2)oc1C. The standard InChI is InChI=1S/C12H14N2O2S/c1-7-9(3)16-12(14-7)17-10-4-5-11(8(2)15)13-6-10/h4-6,8,15H,1-3H3/t8-/m0/s1. The zero-order valence-corrected chi connectivity index (χ0v) is 10.8. The number of nitrogens with zero attached hydrogens (tertiary/aromatic N) is 2. The van der Waals surface area contributed by atoms with Crippen molar-refractivity contribution in [2.75, 3.05) is 0 Å². The van der Waals surface area contributed by atoms with Gasteiger partial charge in [0.15, 0.2) is 0 Å². The zero-order valence-electron chi connectivity index (χ0n) is 9.97. The molecule has 2 rings (SSSR count). The van der Waals surface area contributed by atoms with E-state index in [1.54, 1.807) is 19.2 Å². The molecule has 0 radical (unpaired) electrons. The minimum atomic E-state index is -0.541. The first-order valence-electron chi connectivity index (χ1n) is 5.32. The summed E-state index contributed by atoms with van der Waals surface area (Å²) in [5.41, 5.74) is 1.56. The van der Waals surface area contributed by atoms with Crippen molar-refractivity contribution in [2.24, 2.45) is 0 Å². The third kappa shape index (κ3) is 2.87. The average molecular weight is 250 g/mol. The molecule has 17 heavy (non-hydrogen) atoms. The lowest BCUT2D eigenvalue weighted by Crippen LogP contribution is -1.94. The van der Waals surface area contributed by atoms with Crippen LogP contribution in [0, 0.1) is 13.8 Å². The molecule has 90 valence electrons. The predicted octanol–water partition coefficient (Wildman–Crippen LogP) is 2.89. The van der Waals surface area contributed by atoms with Crippen LogP contribution in [0.15, 0.2) is 32.9 Å². The van der Waals surface area contributed by atoms with E-state index in [0.717, 1.165) is 16.3 Å². The van der Waals surface area contributed by atoms with E-state index in [9.17, 15) is 5.11 Å². The highest BCUT2D eigenvalue weighted by molar-refractivity contribution is 7.99.